The summed E-state index contributed by atoms with van der Waals surface area (Å²) in [5.74, 6) is -1.88. The number of hydrogen-bond donors (Lipinski definition) is 2. The fourth-order valence-corrected chi connectivity index (χ4v) is 1.80. The van der Waals surface area contributed by atoms with Gasteiger partial charge in [-0.15, -0.1) is 9.60 Å². The SMILES string of the molecule is CC(C)(C)OC(=O)NC1CC(C(=O)O)CN(F)C1. The summed E-state index contributed by atoms with van der Waals surface area (Å²) in [7, 11) is 0. The lowest BCUT2D eigenvalue weighted by Crippen LogP contribution is -2.50. The van der Waals surface area contributed by atoms with Crippen LogP contribution in [0.2, 0.25) is 0 Å². The summed E-state index contributed by atoms with van der Waals surface area (Å²) in [5, 5.41) is 11.7. The number of piperidine rings is 1. The van der Waals surface area contributed by atoms with Crippen LogP contribution >= 0.6 is 0 Å². The predicted molar refractivity (Wildman–Crippen MR) is 61.6 cm³/mol. The number of hydrogen-bond acceptors (Lipinski definition) is 4. The molecule has 0 spiro atoms. The molecule has 1 fully saturated rings. The number of carbonyl (C=O) groups excluding carboxylic acids is 1. The Labute approximate surface area is 105 Å². The predicted octanol–water partition coefficient (Wildman–Crippen LogP) is 1.17. The maximum absolute atomic E-state index is 13.2. The molecule has 0 radical (unpaired) electrons. The fraction of sp³-hybridized carbons (Fsp3) is 0.818. The van der Waals surface area contributed by atoms with E-state index in [1.807, 2.05) is 0 Å². The average Bonchev–Trinajstić information content (AvgIpc) is 2.12. The molecule has 1 aliphatic heterocycles. The first-order valence-electron chi connectivity index (χ1n) is 5.80. The fourth-order valence-electron chi connectivity index (χ4n) is 1.80. The number of nitrogens with one attached hydrogen (secondary N) is 1. The minimum Gasteiger partial charge on any atom is -0.481 e. The summed E-state index contributed by atoms with van der Waals surface area (Å²) >= 11 is 0. The molecule has 1 amide bonds. The van der Waals surface area contributed by atoms with E-state index < -0.39 is 29.6 Å². The Morgan fingerprint density at radius 1 is 1.39 bits per heavy atom. The Kier molecular flexibility index (Phi) is 4.50. The van der Waals surface area contributed by atoms with Gasteiger partial charge >= 0.3 is 12.1 Å². The van der Waals surface area contributed by atoms with Crippen molar-refractivity contribution in [2.45, 2.75) is 38.8 Å². The lowest BCUT2D eigenvalue weighted by atomic mass is 9.96. The second kappa shape index (κ2) is 5.51. The van der Waals surface area contributed by atoms with Crippen molar-refractivity contribution >= 4 is 12.1 Å². The smallest absolute Gasteiger partial charge is 0.407 e. The van der Waals surface area contributed by atoms with Crippen molar-refractivity contribution < 1.29 is 23.9 Å². The van der Waals surface area contributed by atoms with Crippen LogP contribution in [0.5, 0.6) is 0 Å². The highest BCUT2D eigenvalue weighted by atomic mass is 19.2. The molecule has 0 aliphatic carbocycles. The van der Waals surface area contributed by atoms with E-state index in [4.69, 9.17) is 9.84 Å². The second-order valence-electron chi connectivity index (χ2n) is 5.44. The van der Waals surface area contributed by atoms with E-state index in [2.05, 4.69) is 5.32 Å². The maximum Gasteiger partial charge on any atom is 0.407 e. The van der Waals surface area contributed by atoms with Crippen molar-refractivity contribution in [3.63, 3.8) is 0 Å². The van der Waals surface area contributed by atoms with Crippen molar-refractivity contribution in [1.82, 2.24) is 10.4 Å². The largest absolute Gasteiger partial charge is 0.481 e. The number of ether oxygens (including phenoxy) is 1. The van der Waals surface area contributed by atoms with Crippen LogP contribution in [0.4, 0.5) is 9.28 Å². The highest BCUT2D eigenvalue weighted by molar-refractivity contribution is 5.71. The number of carboxylic acid groups (broad SMARTS) is 1. The second-order valence-corrected chi connectivity index (χ2v) is 5.44. The van der Waals surface area contributed by atoms with Crippen molar-refractivity contribution in [2.24, 2.45) is 5.92 Å². The molecular formula is C11H19FN2O4. The topological polar surface area (TPSA) is 78.9 Å². The number of nitrogens with zero attached hydrogens (tertiary/aromatic N) is 1. The Hall–Kier alpha value is -1.37. The first-order chi connectivity index (χ1) is 8.17. The molecular weight excluding hydrogens is 243 g/mol. The Morgan fingerprint density at radius 3 is 2.50 bits per heavy atom. The molecule has 0 aromatic carbocycles. The minimum atomic E-state index is -1.06. The molecule has 1 rings (SSSR count). The summed E-state index contributed by atoms with van der Waals surface area (Å²) < 4.78 is 18.2. The van der Waals surface area contributed by atoms with Crippen LogP contribution in [-0.4, -0.2) is 47.0 Å². The van der Waals surface area contributed by atoms with E-state index >= 15 is 0 Å². The molecule has 0 bridgehead atoms. The highest BCUT2D eigenvalue weighted by Crippen LogP contribution is 2.18. The van der Waals surface area contributed by atoms with Gasteiger partial charge in [-0.3, -0.25) is 4.79 Å². The molecule has 1 heterocycles. The van der Waals surface area contributed by atoms with Crippen molar-refractivity contribution in [3.8, 4) is 0 Å². The van der Waals surface area contributed by atoms with Gasteiger partial charge < -0.3 is 15.2 Å². The van der Waals surface area contributed by atoms with E-state index in [1.54, 1.807) is 20.8 Å². The van der Waals surface area contributed by atoms with Gasteiger partial charge in [0.05, 0.1) is 5.92 Å². The van der Waals surface area contributed by atoms with Gasteiger partial charge in [0.2, 0.25) is 0 Å². The standard InChI is InChI=1S/C11H19FN2O4/c1-11(2,3)18-10(17)13-8-4-7(9(15)16)5-14(12)6-8/h7-8H,4-6H2,1-3H3,(H,13,17)(H,15,16). The zero-order valence-corrected chi connectivity index (χ0v) is 10.8. The van der Waals surface area contributed by atoms with Gasteiger partial charge in [-0.2, -0.15) is 0 Å². The number of halogens is 1. The van der Waals surface area contributed by atoms with Gasteiger partial charge in [0, 0.05) is 19.1 Å². The monoisotopic (exact) mass is 262 g/mol. The lowest BCUT2D eigenvalue weighted by Gasteiger charge is -2.31. The van der Waals surface area contributed by atoms with Gasteiger partial charge in [0.25, 0.3) is 0 Å². The summed E-state index contributed by atoms with van der Waals surface area (Å²) in [6.07, 6.45) is -0.457. The quantitative estimate of drug-likeness (QED) is 0.730. The van der Waals surface area contributed by atoms with Crippen LogP contribution in [0.15, 0.2) is 0 Å². The summed E-state index contributed by atoms with van der Waals surface area (Å²) in [6.45, 7) is 4.98. The number of carbonyl (C=O) groups is 2. The first-order valence-corrected chi connectivity index (χ1v) is 5.80. The first kappa shape index (κ1) is 14.7. The molecule has 1 aliphatic rings. The van der Waals surface area contributed by atoms with E-state index in [0.717, 1.165) is 0 Å². The molecule has 6 nitrogen and oxygen atoms in total. The maximum atomic E-state index is 13.2. The van der Waals surface area contributed by atoms with Crippen LogP contribution in [0, 0.1) is 5.92 Å². The molecule has 104 valence electrons. The molecule has 18 heavy (non-hydrogen) atoms. The molecule has 0 aromatic heterocycles. The van der Waals surface area contributed by atoms with Gasteiger partial charge in [0.15, 0.2) is 0 Å². The molecule has 0 aromatic rings. The molecule has 7 heteroatoms. The van der Waals surface area contributed by atoms with Crippen LogP contribution in [0.3, 0.4) is 0 Å². The molecule has 2 N–H and O–H groups in total. The lowest BCUT2D eigenvalue weighted by molar-refractivity contribution is -0.147. The average molecular weight is 262 g/mol. The highest BCUT2D eigenvalue weighted by Gasteiger charge is 2.33. The van der Waals surface area contributed by atoms with Gasteiger partial charge in [-0.25, -0.2) is 4.79 Å². The minimum absolute atomic E-state index is 0.0248. The van der Waals surface area contributed by atoms with E-state index in [9.17, 15) is 14.1 Å². The van der Waals surface area contributed by atoms with E-state index in [-0.39, 0.29) is 19.5 Å². The van der Waals surface area contributed by atoms with E-state index in [1.165, 1.54) is 0 Å². The van der Waals surface area contributed by atoms with Crippen LogP contribution < -0.4 is 5.32 Å². The number of aliphatic carboxylic acids is 1. The summed E-state index contributed by atoms with van der Waals surface area (Å²) in [6, 6.07) is -0.556. The third kappa shape index (κ3) is 4.87. The Morgan fingerprint density at radius 2 is 2.00 bits per heavy atom. The molecule has 2 unspecified atom stereocenters. The molecule has 0 saturated carbocycles. The molecule has 1 saturated heterocycles. The van der Waals surface area contributed by atoms with Gasteiger partial charge in [0.1, 0.15) is 5.60 Å². The molecule has 2 atom stereocenters. The summed E-state index contributed by atoms with van der Waals surface area (Å²) in [5.41, 5.74) is -0.639. The van der Waals surface area contributed by atoms with Crippen molar-refractivity contribution in [2.75, 3.05) is 13.1 Å². The number of carboxylic acids is 1. The normalized spacial score (nSPS) is 25.6. The Balaban J connectivity index is 2.51. The zero-order chi connectivity index (χ0) is 13.9. The van der Waals surface area contributed by atoms with Gasteiger partial charge in [-0.05, 0) is 27.2 Å². The number of rotatable bonds is 2. The third-order valence-corrected chi connectivity index (χ3v) is 2.48. The van der Waals surface area contributed by atoms with Crippen LogP contribution in [0.1, 0.15) is 27.2 Å². The number of alkyl carbamates (subject to hydrolysis) is 1. The zero-order valence-electron chi connectivity index (χ0n) is 10.8. The summed E-state index contributed by atoms with van der Waals surface area (Å²) in [4.78, 5) is 22.3. The Bertz CT molecular complexity index is 329. The van der Waals surface area contributed by atoms with Crippen LogP contribution in [-0.2, 0) is 9.53 Å². The third-order valence-electron chi connectivity index (χ3n) is 2.48. The van der Waals surface area contributed by atoms with Crippen molar-refractivity contribution in [3.05, 3.63) is 0 Å². The van der Waals surface area contributed by atoms with Crippen molar-refractivity contribution in [1.29, 1.82) is 0 Å². The van der Waals surface area contributed by atoms with Gasteiger partial charge in [-0.1, -0.05) is 0 Å². The van der Waals surface area contributed by atoms with Crippen LogP contribution in [0.25, 0.3) is 0 Å². The van der Waals surface area contributed by atoms with E-state index in [0.29, 0.717) is 5.12 Å². The number of amides is 1.